The van der Waals surface area contributed by atoms with Gasteiger partial charge in [0.2, 0.25) is 0 Å². The molecule has 80 valence electrons. The van der Waals surface area contributed by atoms with Crippen molar-refractivity contribution in [3.8, 4) is 0 Å². The van der Waals surface area contributed by atoms with Gasteiger partial charge in [0.05, 0.1) is 11.8 Å². The molecule has 0 atom stereocenters. The standard InChI is InChI=1S/C12H10N2OS/c1-2-14-7-13-10-11(14)8-5-3-4-6-9(8)16-12(10)15/h3-7H,2H2,1H3. The summed E-state index contributed by atoms with van der Waals surface area (Å²) in [7, 11) is 0. The van der Waals surface area contributed by atoms with Crippen molar-refractivity contribution in [1.29, 1.82) is 0 Å². The SMILES string of the molecule is CCn1cnc2c(=O)sc3ccccc3c21. The Morgan fingerprint density at radius 1 is 1.38 bits per heavy atom. The first-order valence-corrected chi connectivity index (χ1v) is 5.99. The number of hydrogen-bond donors (Lipinski definition) is 0. The number of aromatic nitrogens is 2. The van der Waals surface area contributed by atoms with E-state index in [1.807, 2.05) is 28.8 Å². The minimum Gasteiger partial charge on any atom is -0.330 e. The Morgan fingerprint density at radius 3 is 3.00 bits per heavy atom. The second-order valence-corrected chi connectivity index (χ2v) is 4.63. The molecule has 0 N–H and O–H groups in total. The summed E-state index contributed by atoms with van der Waals surface area (Å²) in [4.78, 5) is 16.1. The third-order valence-corrected chi connectivity index (χ3v) is 3.67. The van der Waals surface area contributed by atoms with Crippen LogP contribution >= 0.6 is 11.3 Å². The minimum atomic E-state index is 0.0425. The lowest BCUT2D eigenvalue weighted by atomic mass is 10.2. The maximum absolute atomic E-state index is 11.9. The molecular weight excluding hydrogens is 220 g/mol. The Hall–Kier alpha value is -1.68. The van der Waals surface area contributed by atoms with E-state index in [0.29, 0.717) is 5.52 Å². The van der Waals surface area contributed by atoms with Gasteiger partial charge in [-0.25, -0.2) is 4.98 Å². The Balaban J connectivity index is 2.65. The van der Waals surface area contributed by atoms with Crippen LogP contribution in [0.1, 0.15) is 6.92 Å². The van der Waals surface area contributed by atoms with Crippen LogP contribution in [0.2, 0.25) is 0 Å². The Bertz CT molecular complexity index is 727. The van der Waals surface area contributed by atoms with Crippen LogP contribution in [-0.2, 0) is 6.54 Å². The molecular formula is C12H10N2OS. The van der Waals surface area contributed by atoms with Gasteiger partial charge in [0.15, 0.2) is 0 Å². The van der Waals surface area contributed by atoms with Gasteiger partial charge in [-0.15, -0.1) is 0 Å². The summed E-state index contributed by atoms with van der Waals surface area (Å²) in [6.45, 7) is 2.88. The average molecular weight is 230 g/mol. The maximum Gasteiger partial charge on any atom is 0.260 e. The van der Waals surface area contributed by atoms with E-state index in [2.05, 4.69) is 11.9 Å². The van der Waals surface area contributed by atoms with Gasteiger partial charge in [-0.2, -0.15) is 0 Å². The van der Waals surface area contributed by atoms with Crippen molar-refractivity contribution >= 4 is 32.5 Å². The van der Waals surface area contributed by atoms with Gasteiger partial charge in [0, 0.05) is 16.6 Å². The van der Waals surface area contributed by atoms with Crippen LogP contribution in [0.25, 0.3) is 21.1 Å². The third kappa shape index (κ3) is 1.20. The van der Waals surface area contributed by atoms with Crippen molar-refractivity contribution in [3.05, 3.63) is 40.1 Å². The molecule has 16 heavy (non-hydrogen) atoms. The summed E-state index contributed by atoms with van der Waals surface area (Å²) >= 11 is 1.26. The summed E-state index contributed by atoms with van der Waals surface area (Å²) in [5.41, 5.74) is 1.55. The van der Waals surface area contributed by atoms with Gasteiger partial charge in [0.1, 0.15) is 5.52 Å². The van der Waals surface area contributed by atoms with Gasteiger partial charge in [0.25, 0.3) is 4.74 Å². The molecule has 0 saturated heterocycles. The van der Waals surface area contributed by atoms with E-state index >= 15 is 0 Å². The van der Waals surface area contributed by atoms with Crippen molar-refractivity contribution in [2.75, 3.05) is 0 Å². The van der Waals surface area contributed by atoms with E-state index in [1.165, 1.54) is 11.3 Å². The van der Waals surface area contributed by atoms with Gasteiger partial charge in [-0.05, 0) is 13.0 Å². The first-order chi connectivity index (χ1) is 7.81. The highest BCUT2D eigenvalue weighted by molar-refractivity contribution is 7.16. The molecule has 4 heteroatoms. The molecule has 0 unspecified atom stereocenters. The summed E-state index contributed by atoms with van der Waals surface area (Å²) in [5, 5.41) is 1.11. The van der Waals surface area contributed by atoms with Crippen molar-refractivity contribution in [2.45, 2.75) is 13.5 Å². The normalized spacial score (nSPS) is 11.3. The summed E-state index contributed by atoms with van der Waals surface area (Å²) in [6.07, 6.45) is 1.74. The highest BCUT2D eigenvalue weighted by atomic mass is 32.1. The Kier molecular flexibility index (Phi) is 2.04. The van der Waals surface area contributed by atoms with Gasteiger partial charge in [-0.1, -0.05) is 29.5 Å². The van der Waals surface area contributed by atoms with Gasteiger partial charge >= 0.3 is 0 Å². The Labute approximate surface area is 96.0 Å². The molecule has 3 aromatic rings. The highest BCUT2D eigenvalue weighted by Gasteiger charge is 2.10. The number of rotatable bonds is 1. The number of fused-ring (bicyclic) bond motifs is 3. The molecule has 0 aliphatic rings. The smallest absolute Gasteiger partial charge is 0.260 e. The maximum atomic E-state index is 11.9. The molecule has 0 amide bonds. The predicted octanol–water partition coefficient (Wildman–Crippen LogP) is 2.63. The fourth-order valence-electron chi connectivity index (χ4n) is 1.95. The van der Waals surface area contributed by atoms with E-state index in [9.17, 15) is 4.79 Å². The third-order valence-electron chi connectivity index (χ3n) is 2.72. The predicted molar refractivity (Wildman–Crippen MR) is 67.1 cm³/mol. The topological polar surface area (TPSA) is 34.9 Å². The second kappa shape index (κ2) is 3.42. The van der Waals surface area contributed by atoms with E-state index in [1.54, 1.807) is 6.33 Å². The zero-order valence-corrected chi connectivity index (χ0v) is 9.62. The zero-order valence-electron chi connectivity index (χ0n) is 8.80. The number of nitrogens with zero attached hydrogens (tertiary/aromatic N) is 2. The molecule has 0 radical (unpaired) electrons. The second-order valence-electron chi connectivity index (χ2n) is 3.61. The quantitative estimate of drug-likeness (QED) is 0.644. The van der Waals surface area contributed by atoms with Crippen LogP contribution in [0.15, 0.2) is 35.4 Å². The van der Waals surface area contributed by atoms with E-state index in [4.69, 9.17) is 0 Å². The number of hydrogen-bond acceptors (Lipinski definition) is 3. The first-order valence-electron chi connectivity index (χ1n) is 5.18. The fraction of sp³-hybridized carbons (Fsp3) is 0.167. The van der Waals surface area contributed by atoms with E-state index in [0.717, 1.165) is 22.1 Å². The van der Waals surface area contributed by atoms with Crippen molar-refractivity contribution in [2.24, 2.45) is 0 Å². The summed E-state index contributed by atoms with van der Waals surface area (Å²) in [5.74, 6) is 0. The monoisotopic (exact) mass is 230 g/mol. The zero-order chi connectivity index (χ0) is 11.1. The van der Waals surface area contributed by atoms with Crippen LogP contribution in [0, 0.1) is 0 Å². The summed E-state index contributed by atoms with van der Waals surface area (Å²) < 4.78 is 3.09. The van der Waals surface area contributed by atoms with Crippen LogP contribution in [0.5, 0.6) is 0 Å². The minimum absolute atomic E-state index is 0.0425. The van der Waals surface area contributed by atoms with Gasteiger partial charge < -0.3 is 4.57 Å². The molecule has 3 rings (SSSR count). The molecule has 2 aromatic heterocycles. The molecule has 2 heterocycles. The van der Waals surface area contributed by atoms with Crippen LogP contribution in [0.3, 0.4) is 0 Å². The molecule has 0 saturated carbocycles. The van der Waals surface area contributed by atoms with Gasteiger partial charge in [-0.3, -0.25) is 4.79 Å². The number of aryl methyl sites for hydroxylation is 1. The van der Waals surface area contributed by atoms with E-state index < -0.39 is 0 Å². The molecule has 0 aliphatic carbocycles. The fourth-order valence-corrected chi connectivity index (χ4v) is 2.82. The lowest BCUT2D eigenvalue weighted by molar-refractivity contribution is 0.789. The molecule has 3 nitrogen and oxygen atoms in total. The number of imidazole rings is 1. The largest absolute Gasteiger partial charge is 0.330 e. The average Bonchev–Trinajstić information content (AvgIpc) is 2.74. The molecule has 0 bridgehead atoms. The van der Waals surface area contributed by atoms with Crippen molar-refractivity contribution in [1.82, 2.24) is 9.55 Å². The van der Waals surface area contributed by atoms with Crippen molar-refractivity contribution < 1.29 is 0 Å². The Morgan fingerprint density at radius 2 is 2.19 bits per heavy atom. The van der Waals surface area contributed by atoms with Crippen molar-refractivity contribution in [3.63, 3.8) is 0 Å². The lowest BCUT2D eigenvalue weighted by Gasteiger charge is -2.02. The van der Waals surface area contributed by atoms with Crippen LogP contribution < -0.4 is 4.74 Å². The molecule has 0 aliphatic heterocycles. The van der Waals surface area contributed by atoms with E-state index in [-0.39, 0.29) is 4.74 Å². The first kappa shape index (κ1) is 9.54. The molecule has 0 spiro atoms. The summed E-state index contributed by atoms with van der Waals surface area (Å²) in [6, 6.07) is 7.97. The van der Waals surface area contributed by atoms with Crippen LogP contribution in [-0.4, -0.2) is 9.55 Å². The molecule has 1 aromatic carbocycles. The lowest BCUT2D eigenvalue weighted by Crippen LogP contribution is -1.98. The van der Waals surface area contributed by atoms with Crippen LogP contribution in [0.4, 0.5) is 0 Å². The molecule has 0 fully saturated rings. The highest BCUT2D eigenvalue weighted by Crippen LogP contribution is 2.24. The number of benzene rings is 1.